The number of aryl methyl sites for hydroxylation is 1. The van der Waals surface area contributed by atoms with Gasteiger partial charge < -0.3 is 10.4 Å². The predicted octanol–water partition coefficient (Wildman–Crippen LogP) is 1.81. The zero-order valence-corrected chi connectivity index (χ0v) is 9.90. The molecule has 0 fully saturated rings. The van der Waals surface area contributed by atoms with Crippen molar-refractivity contribution in [2.75, 3.05) is 5.32 Å². The number of hydrogen-bond acceptors (Lipinski definition) is 3. The van der Waals surface area contributed by atoms with Gasteiger partial charge in [-0.15, -0.1) is 0 Å². The summed E-state index contributed by atoms with van der Waals surface area (Å²) in [6.45, 7) is 1.66. The molecule has 0 radical (unpaired) electrons. The maximum Gasteiger partial charge on any atom is 0.337 e. The van der Waals surface area contributed by atoms with Gasteiger partial charge in [-0.05, 0) is 25.1 Å². The Morgan fingerprint density at radius 1 is 1.37 bits per heavy atom. The molecule has 6 nitrogen and oxygen atoms in total. The fourth-order valence-electron chi connectivity index (χ4n) is 1.57. The van der Waals surface area contributed by atoms with Gasteiger partial charge >= 0.3 is 5.97 Å². The minimum Gasteiger partial charge on any atom is -0.478 e. The molecule has 19 heavy (non-hydrogen) atoms. The minimum atomic E-state index is -1.32. The number of anilines is 1. The number of nitrogens with one attached hydrogen (secondary N) is 2. The van der Waals surface area contributed by atoms with Crippen molar-refractivity contribution in [3.8, 4) is 0 Å². The van der Waals surface area contributed by atoms with Gasteiger partial charge in [-0.1, -0.05) is 0 Å². The molecule has 7 heteroatoms. The number of aromatic nitrogens is 2. The van der Waals surface area contributed by atoms with E-state index in [2.05, 4.69) is 15.5 Å². The van der Waals surface area contributed by atoms with Crippen LogP contribution >= 0.6 is 0 Å². The van der Waals surface area contributed by atoms with Gasteiger partial charge in [-0.25, -0.2) is 9.18 Å². The van der Waals surface area contributed by atoms with Crippen LogP contribution in [0.5, 0.6) is 0 Å². The molecule has 0 spiro atoms. The minimum absolute atomic E-state index is 0.0273. The van der Waals surface area contributed by atoms with E-state index in [4.69, 9.17) is 5.11 Å². The molecule has 0 aliphatic rings. The van der Waals surface area contributed by atoms with Crippen LogP contribution in [0.4, 0.5) is 10.1 Å². The molecule has 1 aromatic carbocycles. The monoisotopic (exact) mass is 263 g/mol. The van der Waals surface area contributed by atoms with E-state index in [-0.39, 0.29) is 11.3 Å². The lowest BCUT2D eigenvalue weighted by Crippen LogP contribution is -2.15. The zero-order valence-electron chi connectivity index (χ0n) is 9.90. The summed E-state index contributed by atoms with van der Waals surface area (Å²) in [5.74, 6) is -2.52. The van der Waals surface area contributed by atoms with Gasteiger partial charge in [-0.3, -0.25) is 9.89 Å². The van der Waals surface area contributed by atoms with Crippen molar-refractivity contribution in [3.63, 3.8) is 0 Å². The number of H-pyrrole nitrogens is 1. The average molecular weight is 263 g/mol. The Labute approximate surface area is 107 Å². The molecule has 0 saturated carbocycles. The Morgan fingerprint density at radius 3 is 2.68 bits per heavy atom. The van der Waals surface area contributed by atoms with Gasteiger partial charge in [0.05, 0.1) is 23.0 Å². The molecule has 1 aromatic heterocycles. The quantitative estimate of drug-likeness (QED) is 0.787. The third-order valence-electron chi connectivity index (χ3n) is 2.53. The van der Waals surface area contributed by atoms with Crippen molar-refractivity contribution >= 4 is 17.6 Å². The Balaban J connectivity index is 2.32. The fraction of sp³-hybridized carbons (Fsp3) is 0.0833. The summed E-state index contributed by atoms with van der Waals surface area (Å²) in [7, 11) is 0. The summed E-state index contributed by atoms with van der Waals surface area (Å²) >= 11 is 0. The van der Waals surface area contributed by atoms with E-state index in [0.29, 0.717) is 11.3 Å². The van der Waals surface area contributed by atoms with Gasteiger partial charge in [0.2, 0.25) is 0 Å². The van der Waals surface area contributed by atoms with Crippen LogP contribution in [0.3, 0.4) is 0 Å². The molecule has 1 heterocycles. The van der Waals surface area contributed by atoms with E-state index in [0.717, 1.165) is 12.1 Å². The van der Waals surface area contributed by atoms with Gasteiger partial charge in [0.25, 0.3) is 5.91 Å². The summed E-state index contributed by atoms with van der Waals surface area (Å²) in [6.07, 6.45) is 1.33. The highest BCUT2D eigenvalue weighted by atomic mass is 19.1. The maximum absolute atomic E-state index is 13.0. The highest BCUT2D eigenvalue weighted by molar-refractivity contribution is 6.08. The standard InChI is InChI=1S/C12H10FN3O3/c1-6-9(5-14-16-6)11(17)15-10-3-2-7(13)4-8(10)12(18)19/h2-5H,1H3,(H,14,16)(H,15,17)(H,18,19). The molecule has 98 valence electrons. The molecular weight excluding hydrogens is 253 g/mol. The number of carboxylic acid groups (broad SMARTS) is 1. The number of benzene rings is 1. The largest absolute Gasteiger partial charge is 0.478 e. The highest BCUT2D eigenvalue weighted by Gasteiger charge is 2.16. The number of hydrogen-bond donors (Lipinski definition) is 3. The van der Waals surface area contributed by atoms with Crippen molar-refractivity contribution in [2.45, 2.75) is 6.92 Å². The molecule has 0 aliphatic heterocycles. The Bertz CT molecular complexity index is 651. The van der Waals surface area contributed by atoms with Crippen LogP contribution in [0.1, 0.15) is 26.4 Å². The van der Waals surface area contributed by atoms with Crippen molar-refractivity contribution in [1.82, 2.24) is 10.2 Å². The van der Waals surface area contributed by atoms with Gasteiger partial charge in [0.1, 0.15) is 5.82 Å². The highest BCUT2D eigenvalue weighted by Crippen LogP contribution is 2.18. The number of carboxylic acids is 1. The third-order valence-corrected chi connectivity index (χ3v) is 2.53. The molecular formula is C12H10FN3O3. The van der Waals surface area contributed by atoms with Crippen LogP contribution in [0, 0.1) is 12.7 Å². The number of aromatic amines is 1. The Kier molecular flexibility index (Phi) is 3.28. The van der Waals surface area contributed by atoms with E-state index in [1.54, 1.807) is 6.92 Å². The van der Waals surface area contributed by atoms with E-state index < -0.39 is 17.7 Å². The molecule has 0 atom stereocenters. The second-order valence-electron chi connectivity index (χ2n) is 3.86. The summed E-state index contributed by atoms with van der Waals surface area (Å²) in [4.78, 5) is 22.9. The maximum atomic E-state index is 13.0. The van der Waals surface area contributed by atoms with Crippen LogP contribution in [0.2, 0.25) is 0 Å². The van der Waals surface area contributed by atoms with Gasteiger partial charge in [0, 0.05) is 5.69 Å². The number of halogens is 1. The van der Waals surface area contributed by atoms with E-state index in [1.165, 1.54) is 12.3 Å². The van der Waals surface area contributed by atoms with E-state index in [1.807, 2.05) is 0 Å². The lowest BCUT2D eigenvalue weighted by Gasteiger charge is -2.08. The van der Waals surface area contributed by atoms with Crippen molar-refractivity contribution in [3.05, 3.63) is 47.0 Å². The second kappa shape index (κ2) is 4.89. The second-order valence-corrected chi connectivity index (χ2v) is 3.86. The van der Waals surface area contributed by atoms with Crippen LogP contribution in [-0.2, 0) is 0 Å². The molecule has 3 N–H and O–H groups in total. The molecule has 2 rings (SSSR count). The zero-order chi connectivity index (χ0) is 14.0. The molecule has 0 bridgehead atoms. The number of amides is 1. The first kappa shape index (κ1) is 12.7. The first-order valence-electron chi connectivity index (χ1n) is 5.33. The molecule has 0 saturated heterocycles. The Morgan fingerprint density at radius 2 is 2.11 bits per heavy atom. The lowest BCUT2D eigenvalue weighted by molar-refractivity contribution is 0.0697. The molecule has 2 aromatic rings. The first-order valence-corrected chi connectivity index (χ1v) is 5.33. The van der Waals surface area contributed by atoms with E-state index in [9.17, 15) is 14.0 Å². The van der Waals surface area contributed by atoms with Gasteiger partial charge in [-0.2, -0.15) is 5.10 Å². The van der Waals surface area contributed by atoms with Crippen molar-refractivity contribution < 1.29 is 19.1 Å². The van der Waals surface area contributed by atoms with Crippen molar-refractivity contribution in [1.29, 1.82) is 0 Å². The summed E-state index contributed by atoms with van der Waals surface area (Å²) < 4.78 is 13.0. The van der Waals surface area contributed by atoms with Crippen molar-refractivity contribution in [2.24, 2.45) is 0 Å². The summed E-state index contributed by atoms with van der Waals surface area (Å²) in [6, 6.07) is 3.12. The number of aromatic carboxylic acids is 1. The summed E-state index contributed by atoms with van der Waals surface area (Å²) in [5, 5.41) is 17.7. The lowest BCUT2D eigenvalue weighted by atomic mass is 10.1. The number of nitrogens with zero attached hydrogens (tertiary/aromatic N) is 1. The topological polar surface area (TPSA) is 95.1 Å². The fourth-order valence-corrected chi connectivity index (χ4v) is 1.57. The van der Waals surface area contributed by atoms with E-state index >= 15 is 0 Å². The van der Waals surface area contributed by atoms with Gasteiger partial charge in [0.15, 0.2) is 0 Å². The Hall–Kier alpha value is -2.70. The van der Waals surface area contributed by atoms with Crippen LogP contribution in [0.25, 0.3) is 0 Å². The number of carbonyl (C=O) groups excluding carboxylic acids is 1. The van der Waals surface area contributed by atoms with Crippen LogP contribution in [0.15, 0.2) is 24.4 Å². The molecule has 0 aliphatic carbocycles. The number of rotatable bonds is 3. The SMILES string of the molecule is Cc1[nH]ncc1C(=O)Nc1ccc(F)cc1C(=O)O. The third kappa shape index (κ3) is 2.59. The molecule has 1 amide bonds. The molecule has 0 unspecified atom stereocenters. The van der Waals surface area contributed by atoms with Crippen LogP contribution < -0.4 is 5.32 Å². The van der Waals surface area contributed by atoms with Crippen LogP contribution in [-0.4, -0.2) is 27.2 Å². The average Bonchev–Trinajstić information content (AvgIpc) is 2.77. The predicted molar refractivity (Wildman–Crippen MR) is 64.6 cm³/mol. The first-order chi connectivity index (χ1) is 8.99. The summed E-state index contributed by atoms with van der Waals surface area (Å²) in [5.41, 5.74) is 0.561. The normalized spacial score (nSPS) is 10.2. The smallest absolute Gasteiger partial charge is 0.337 e. The number of carbonyl (C=O) groups is 2.